The Kier molecular flexibility index (Phi) is 5.57. The SMILES string of the molecule is CCCNCc1cn(Cc2ccc(C(C)C)cc2)nc1C. The molecule has 114 valence electrons. The van der Waals surface area contributed by atoms with Gasteiger partial charge in [0.1, 0.15) is 0 Å². The second kappa shape index (κ2) is 7.41. The van der Waals surface area contributed by atoms with Gasteiger partial charge in [-0.2, -0.15) is 5.10 Å². The van der Waals surface area contributed by atoms with E-state index in [4.69, 9.17) is 0 Å². The summed E-state index contributed by atoms with van der Waals surface area (Å²) in [7, 11) is 0. The minimum absolute atomic E-state index is 0.585. The van der Waals surface area contributed by atoms with E-state index in [1.165, 1.54) is 16.7 Å². The second-order valence-corrected chi connectivity index (χ2v) is 6.01. The molecule has 0 atom stereocenters. The summed E-state index contributed by atoms with van der Waals surface area (Å²) < 4.78 is 2.04. The first-order valence-electron chi connectivity index (χ1n) is 7.92. The molecule has 1 N–H and O–H groups in total. The molecule has 0 bridgehead atoms. The third-order valence-electron chi connectivity index (χ3n) is 3.78. The number of aromatic nitrogens is 2. The molecule has 0 aliphatic carbocycles. The van der Waals surface area contributed by atoms with Crippen molar-refractivity contribution in [2.45, 2.75) is 53.1 Å². The van der Waals surface area contributed by atoms with Gasteiger partial charge in [-0.3, -0.25) is 4.68 Å². The minimum Gasteiger partial charge on any atom is -0.313 e. The number of nitrogens with zero attached hydrogens (tertiary/aromatic N) is 2. The van der Waals surface area contributed by atoms with Crippen molar-refractivity contribution in [3.63, 3.8) is 0 Å². The summed E-state index contributed by atoms with van der Waals surface area (Å²) in [5.41, 5.74) is 5.11. The van der Waals surface area contributed by atoms with E-state index in [0.717, 1.165) is 31.7 Å². The van der Waals surface area contributed by atoms with Gasteiger partial charge in [-0.15, -0.1) is 0 Å². The Hall–Kier alpha value is -1.61. The van der Waals surface area contributed by atoms with Crippen molar-refractivity contribution in [3.05, 3.63) is 52.8 Å². The maximum atomic E-state index is 4.62. The summed E-state index contributed by atoms with van der Waals surface area (Å²) in [6, 6.07) is 8.86. The molecule has 0 radical (unpaired) electrons. The molecule has 0 amide bonds. The Morgan fingerprint density at radius 3 is 2.52 bits per heavy atom. The number of hydrogen-bond acceptors (Lipinski definition) is 2. The highest BCUT2D eigenvalue weighted by Gasteiger charge is 2.05. The Balaban J connectivity index is 2.00. The lowest BCUT2D eigenvalue weighted by Gasteiger charge is -2.07. The Bertz CT molecular complexity index is 552. The first-order valence-corrected chi connectivity index (χ1v) is 7.92. The van der Waals surface area contributed by atoms with Crippen LogP contribution in [0.5, 0.6) is 0 Å². The van der Waals surface area contributed by atoms with Crippen LogP contribution in [0, 0.1) is 6.92 Å². The lowest BCUT2D eigenvalue weighted by Crippen LogP contribution is -2.13. The zero-order valence-corrected chi connectivity index (χ0v) is 13.7. The zero-order valence-electron chi connectivity index (χ0n) is 13.7. The van der Waals surface area contributed by atoms with Crippen LogP contribution in [0.15, 0.2) is 30.5 Å². The summed E-state index contributed by atoms with van der Waals surface area (Å²) in [5.74, 6) is 0.585. The molecular weight excluding hydrogens is 258 g/mol. The number of benzene rings is 1. The van der Waals surface area contributed by atoms with Crippen LogP contribution >= 0.6 is 0 Å². The van der Waals surface area contributed by atoms with Gasteiger partial charge >= 0.3 is 0 Å². The van der Waals surface area contributed by atoms with Crippen molar-refractivity contribution in [2.75, 3.05) is 6.54 Å². The molecule has 0 saturated carbocycles. The molecule has 1 aromatic heterocycles. The van der Waals surface area contributed by atoms with E-state index in [1.807, 2.05) is 4.68 Å². The zero-order chi connectivity index (χ0) is 15.2. The molecule has 0 saturated heterocycles. The molecular formula is C18H27N3. The molecule has 0 aliphatic rings. The van der Waals surface area contributed by atoms with Crippen LogP contribution < -0.4 is 5.32 Å². The molecule has 0 unspecified atom stereocenters. The average molecular weight is 285 g/mol. The second-order valence-electron chi connectivity index (χ2n) is 6.01. The molecule has 3 nitrogen and oxygen atoms in total. The Morgan fingerprint density at radius 1 is 1.19 bits per heavy atom. The number of aryl methyl sites for hydroxylation is 1. The topological polar surface area (TPSA) is 29.9 Å². The molecule has 1 heterocycles. The Labute approximate surface area is 128 Å². The quantitative estimate of drug-likeness (QED) is 0.783. The van der Waals surface area contributed by atoms with Crippen LogP contribution in [0.2, 0.25) is 0 Å². The normalized spacial score (nSPS) is 11.3. The van der Waals surface area contributed by atoms with Crippen molar-refractivity contribution < 1.29 is 0 Å². The van der Waals surface area contributed by atoms with Gasteiger partial charge in [-0.05, 0) is 36.9 Å². The maximum absolute atomic E-state index is 4.62. The predicted molar refractivity (Wildman–Crippen MR) is 88.6 cm³/mol. The summed E-state index contributed by atoms with van der Waals surface area (Å²) >= 11 is 0. The highest BCUT2D eigenvalue weighted by molar-refractivity contribution is 5.25. The van der Waals surface area contributed by atoms with Gasteiger partial charge in [-0.1, -0.05) is 45.0 Å². The fraction of sp³-hybridized carbons (Fsp3) is 0.500. The van der Waals surface area contributed by atoms with E-state index in [0.29, 0.717) is 5.92 Å². The lowest BCUT2D eigenvalue weighted by molar-refractivity contribution is 0.668. The van der Waals surface area contributed by atoms with Gasteiger partial charge in [0.2, 0.25) is 0 Å². The standard InChI is InChI=1S/C18H27N3/c1-5-10-19-11-18-13-21(20-15(18)4)12-16-6-8-17(9-7-16)14(2)3/h6-9,13-14,19H,5,10-12H2,1-4H3. The lowest BCUT2D eigenvalue weighted by atomic mass is 10.0. The molecule has 0 fully saturated rings. The molecule has 0 spiro atoms. The van der Waals surface area contributed by atoms with Crippen LogP contribution in [0.3, 0.4) is 0 Å². The van der Waals surface area contributed by atoms with Crippen molar-refractivity contribution in [1.29, 1.82) is 0 Å². The number of rotatable bonds is 7. The largest absolute Gasteiger partial charge is 0.313 e. The minimum atomic E-state index is 0.585. The van der Waals surface area contributed by atoms with Gasteiger partial charge in [-0.25, -0.2) is 0 Å². The highest BCUT2D eigenvalue weighted by atomic mass is 15.3. The highest BCUT2D eigenvalue weighted by Crippen LogP contribution is 2.15. The fourth-order valence-corrected chi connectivity index (χ4v) is 2.41. The van der Waals surface area contributed by atoms with E-state index in [2.05, 4.69) is 68.6 Å². The molecule has 2 rings (SSSR count). The molecule has 21 heavy (non-hydrogen) atoms. The summed E-state index contributed by atoms with van der Waals surface area (Å²) in [4.78, 5) is 0. The van der Waals surface area contributed by atoms with Crippen molar-refractivity contribution in [2.24, 2.45) is 0 Å². The van der Waals surface area contributed by atoms with Crippen LogP contribution in [0.4, 0.5) is 0 Å². The summed E-state index contributed by atoms with van der Waals surface area (Å²) in [6.45, 7) is 11.5. The van der Waals surface area contributed by atoms with Gasteiger partial charge < -0.3 is 5.32 Å². The maximum Gasteiger partial charge on any atom is 0.0659 e. The summed E-state index contributed by atoms with van der Waals surface area (Å²) in [5, 5.41) is 8.05. The van der Waals surface area contributed by atoms with Crippen molar-refractivity contribution >= 4 is 0 Å². The van der Waals surface area contributed by atoms with Gasteiger partial charge in [0.05, 0.1) is 12.2 Å². The van der Waals surface area contributed by atoms with Crippen LogP contribution in [0.1, 0.15) is 55.5 Å². The van der Waals surface area contributed by atoms with E-state index in [-0.39, 0.29) is 0 Å². The van der Waals surface area contributed by atoms with Crippen LogP contribution in [-0.2, 0) is 13.1 Å². The first kappa shape index (κ1) is 15.8. The third-order valence-corrected chi connectivity index (χ3v) is 3.78. The predicted octanol–water partition coefficient (Wildman–Crippen LogP) is 3.86. The number of nitrogens with one attached hydrogen (secondary N) is 1. The fourth-order valence-electron chi connectivity index (χ4n) is 2.41. The molecule has 0 aliphatic heterocycles. The van der Waals surface area contributed by atoms with Crippen molar-refractivity contribution in [3.8, 4) is 0 Å². The summed E-state index contributed by atoms with van der Waals surface area (Å²) in [6.07, 6.45) is 3.32. The smallest absolute Gasteiger partial charge is 0.0659 e. The third kappa shape index (κ3) is 4.43. The van der Waals surface area contributed by atoms with Gasteiger partial charge in [0, 0.05) is 18.3 Å². The van der Waals surface area contributed by atoms with Gasteiger partial charge in [0.25, 0.3) is 0 Å². The van der Waals surface area contributed by atoms with E-state index < -0.39 is 0 Å². The van der Waals surface area contributed by atoms with Crippen LogP contribution in [0.25, 0.3) is 0 Å². The van der Waals surface area contributed by atoms with Crippen LogP contribution in [-0.4, -0.2) is 16.3 Å². The first-order chi connectivity index (χ1) is 10.1. The van der Waals surface area contributed by atoms with E-state index in [1.54, 1.807) is 0 Å². The molecule has 1 aromatic carbocycles. The number of hydrogen-bond donors (Lipinski definition) is 1. The van der Waals surface area contributed by atoms with E-state index >= 15 is 0 Å². The average Bonchev–Trinajstić information content (AvgIpc) is 2.80. The Morgan fingerprint density at radius 2 is 1.90 bits per heavy atom. The van der Waals surface area contributed by atoms with E-state index in [9.17, 15) is 0 Å². The van der Waals surface area contributed by atoms with Gasteiger partial charge in [0.15, 0.2) is 0 Å². The molecule has 2 aromatic rings. The molecule has 3 heteroatoms. The monoisotopic (exact) mass is 285 g/mol. The van der Waals surface area contributed by atoms with Crippen molar-refractivity contribution in [1.82, 2.24) is 15.1 Å².